The summed E-state index contributed by atoms with van der Waals surface area (Å²) in [5.41, 5.74) is -0.430. The number of sulfone groups is 1. The topological polar surface area (TPSA) is 75.3 Å². The number of amides is 1. The largest absolute Gasteiger partial charge is 0.376 e. The summed E-state index contributed by atoms with van der Waals surface area (Å²) in [7, 11) is -3.39. The van der Waals surface area contributed by atoms with Crippen LogP contribution >= 0.6 is 11.6 Å². The van der Waals surface area contributed by atoms with Gasteiger partial charge in [-0.2, -0.15) is 0 Å². The fourth-order valence-electron chi connectivity index (χ4n) is 2.59. The lowest BCUT2D eigenvalue weighted by molar-refractivity contribution is 0.0942. The van der Waals surface area contributed by atoms with Crippen LogP contribution in [0.5, 0.6) is 0 Å². The van der Waals surface area contributed by atoms with Crippen molar-refractivity contribution in [3.63, 3.8) is 0 Å². The molecule has 2 atom stereocenters. The molecule has 0 saturated carbocycles. The molecule has 2 N–H and O–H groups in total. The molecule has 1 amide bonds. The van der Waals surface area contributed by atoms with E-state index in [4.69, 9.17) is 11.6 Å². The molecule has 2 aromatic carbocycles. The van der Waals surface area contributed by atoms with Crippen molar-refractivity contribution in [2.24, 2.45) is 0 Å². The Morgan fingerprint density at radius 2 is 1.77 bits per heavy atom. The maximum Gasteiger partial charge on any atom is 0.254 e. The van der Waals surface area contributed by atoms with E-state index >= 15 is 0 Å². The van der Waals surface area contributed by atoms with Gasteiger partial charge in [0.15, 0.2) is 9.84 Å². The van der Waals surface area contributed by atoms with E-state index in [0.717, 1.165) is 23.8 Å². The lowest BCUT2D eigenvalue weighted by Gasteiger charge is -2.18. The highest BCUT2D eigenvalue weighted by atomic mass is 35.5. The van der Waals surface area contributed by atoms with Crippen molar-refractivity contribution >= 4 is 33.0 Å². The maximum absolute atomic E-state index is 14.5. The number of hydrogen-bond donors (Lipinski definition) is 2. The van der Waals surface area contributed by atoms with Crippen molar-refractivity contribution in [1.82, 2.24) is 5.32 Å². The molecule has 0 aliphatic rings. The van der Waals surface area contributed by atoms with Crippen LogP contribution in [-0.4, -0.2) is 26.6 Å². The molecular weight excluding hydrogens is 441 g/mol. The van der Waals surface area contributed by atoms with Gasteiger partial charge in [-0.1, -0.05) is 29.8 Å². The summed E-state index contributed by atoms with van der Waals surface area (Å²) in [6.07, 6.45) is 2.19. The molecule has 162 valence electrons. The second kappa shape index (κ2) is 9.53. The van der Waals surface area contributed by atoms with Crippen LogP contribution in [0.25, 0.3) is 0 Å². The molecule has 0 spiro atoms. The Morgan fingerprint density at radius 3 is 2.40 bits per heavy atom. The second-order valence-corrected chi connectivity index (χ2v) is 9.05. The monoisotopic (exact) mass is 460 g/mol. The van der Waals surface area contributed by atoms with Gasteiger partial charge < -0.3 is 10.6 Å². The van der Waals surface area contributed by atoms with Gasteiger partial charge in [0.25, 0.3) is 5.91 Å². The van der Waals surface area contributed by atoms with Crippen LogP contribution < -0.4 is 10.6 Å². The zero-order chi connectivity index (χ0) is 22.6. The number of rotatable bonds is 7. The summed E-state index contributed by atoms with van der Waals surface area (Å²) in [6.45, 7) is 3.07. The first-order valence-corrected chi connectivity index (χ1v) is 11.1. The van der Waals surface area contributed by atoms with Gasteiger partial charge in [-0.25, -0.2) is 21.6 Å². The first-order chi connectivity index (χ1) is 13.9. The number of carbonyl (C=O) groups is 1. The SMILES string of the molecule is C[C@H](/C=C/S(C)(=O)=O)NC(=O)c1cc(F)c(N[C@H](C)c2cccc(F)c2Cl)cc1F. The molecule has 2 aromatic rings. The summed E-state index contributed by atoms with van der Waals surface area (Å²) in [4.78, 5) is 12.2. The fourth-order valence-corrected chi connectivity index (χ4v) is 3.40. The molecule has 0 heterocycles. The zero-order valence-corrected chi connectivity index (χ0v) is 17.9. The van der Waals surface area contributed by atoms with Crippen molar-refractivity contribution in [3.05, 3.63) is 75.4 Å². The van der Waals surface area contributed by atoms with E-state index in [0.29, 0.717) is 5.56 Å². The van der Waals surface area contributed by atoms with Crippen LogP contribution in [0.3, 0.4) is 0 Å². The fraction of sp³-hybridized carbons (Fsp3) is 0.250. The minimum atomic E-state index is -3.39. The van der Waals surface area contributed by atoms with E-state index < -0.39 is 50.8 Å². The summed E-state index contributed by atoms with van der Waals surface area (Å²) in [6, 6.07) is 4.32. The van der Waals surface area contributed by atoms with Gasteiger partial charge in [-0.05, 0) is 31.5 Å². The molecule has 5 nitrogen and oxygen atoms in total. The molecule has 0 radical (unpaired) electrons. The Morgan fingerprint density at radius 1 is 1.10 bits per heavy atom. The number of benzene rings is 2. The standard InChI is InChI=1S/C20H20ClF3N2O3S/c1-11(7-8-30(3,28)29)25-20(27)14-9-17(24)18(10-16(14)23)26-12(2)13-5-4-6-15(22)19(13)21/h4-12,26H,1-3H3,(H,25,27)/b8-7+/t11-,12-/m1/s1. The number of nitrogens with one attached hydrogen (secondary N) is 2. The highest BCUT2D eigenvalue weighted by Crippen LogP contribution is 2.29. The highest BCUT2D eigenvalue weighted by Gasteiger charge is 2.19. The third-order valence-electron chi connectivity index (χ3n) is 4.09. The molecule has 0 aromatic heterocycles. The first kappa shape index (κ1) is 23.8. The molecular formula is C20H20ClF3N2O3S. The van der Waals surface area contributed by atoms with Crippen LogP contribution in [0.2, 0.25) is 5.02 Å². The van der Waals surface area contributed by atoms with E-state index in [9.17, 15) is 26.4 Å². The molecule has 2 rings (SSSR count). The minimum absolute atomic E-state index is 0.134. The molecule has 30 heavy (non-hydrogen) atoms. The third-order valence-corrected chi connectivity index (χ3v) is 5.14. The predicted octanol–water partition coefficient (Wildman–Crippen LogP) is 4.61. The van der Waals surface area contributed by atoms with Crippen molar-refractivity contribution in [2.45, 2.75) is 25.9 Å². The third kappa shape index (κ3) is 6.24. The zero-order valence-electron chi connectivity index (χ0n) is 16.3. The van der Waals surface area contributed by atoms with Gasteiger partial charge in [0.2, 0.25) is 0 Å². The van der Waals surface area contributed by atoms with E-state index in [2.05, 4.69) is 10.6 Å². The number of anilines is 1. The Balaban J connectivity index is 2.19. The molecule has 0 saturated heterocycles. The van der Waals surface area contributed by atoms with Crippen LogP contribution in [0.15, 0.2) is 41.8 Å². The van der Waals surface area contributed by atoms with Gasteiger partial charge in [-0.15, -0.1) is 0 Å². The lowest BCUT2D eigenvalue weighted by Crippen LogP contribution is -2.32. The van der Waals surface area contributed by atoms with Crippen LogP contribution in [0, 0.1) is 17.5 Å². The van der Waals surface area contributed by atoms with Crippen molar-refractivity contribution in [3.8, 4) is 0 Å². The Labute approximate surface area is 177 Å². The Kier molecular flexibility index (Phi) is 7.54. The average Bonchev–Trinajstić information content (AvgIpc) is 2.64. The summed E-state index contributed by atoms with van der Waals surface area (Å²) in [5, 5.41) is 5.83. The number of carbonyl (C=O) groups excluding carboxylic acids is 1. The summed E-state index contributed by atoms with van der Waals surface area (Å²) < 4.78 is 64.8. The second-order valence-electron chi connectivity index (χ2n) is 6.74. The van der Waals surface area contributed by atoms with Gasteiger partial charge >= 0.3 is 0 Å². The molecule has 0 bridgehead atoms. The van der Waals surface area contributed by atoms with Crippen LogP contribution in [-0.2, 0) is 9.84 Å². The Hall–Kier alpha value is -2.52. The maximum atomic E-state index is 14.5. The summed E-state index contributed by atoms with van der Waals surface area (Å²) in [5.74, 6) is -3.45. The smallest absolute Gasteiger partial charge is 0.254 e. The first-order valence-electron chi connectivity index (χ1n) is 8.77. The molecule has 0 aliphatic carbocycles. The average molecular weight is 461 g/mol. The van der Waals surface area contributed by atoms with Crippen molar-refractivity contribution in [2.75, 3.05) is 11.6 Å². The molecule has 0 unspecified atom stereocenters. The van der Waals surface area contributed by atoms with Gasteiger partial charge in [0.05, 0.1) is 22.3 Å². The van der Waals surface area contributed by atoms with Gasteiger partial charge in [0.1, 0.15) is 17.5 Å². The van der Waals surface area contributed by atoms with E-state index in [1.807, 2.05) is 0 Å². The van der Waals surface area contributed by atoms with E-state index in [1.165, 1.54) is 25.1 Å². The van der Waals surface area contributed by atoms with E-state index in [-0.39, 0.29) is 10.7 Å². The molecule has 0 aliphatic heterocycles. The van der Waals surface area contributed by atoms with E-state index in [1.54, 1.807) is 13.0 Å². The number of hydrogen-bond acceptors (Lipinski definition) is 4. The number of halogens is 4. The molecule has 0 fully saturated rings. The highest BCUT2D eigenvalue weighted by molar-refractivity contribution is 7.93. The lowest BCUT2D eigenvalue weighted by atomic mass is 10.1. The van der Waals surface area contributed by atoms with Gasteiger partial charge in [-0.3, -0.25) is 4.79 Å². The normalized spacial score (nSPS) is 13.8. The minimum Gasteiger partial charge on any atom is -0.376 e. The van der Waals surface area contributed by atoms with Gasteiger partial charge in [0, 0.05) is 23.8 Å². The van der Waals surface area contributed by atoms with Crippen LogP contribution in [0.4, 0.5) is 18.9 Å². The predicted molar refractivity (Wildman–Crippen MR) is 111 cm³/mol. The summed E-state index contributed by atoms with van der Waals surface area (Å²) >= 11 is 5.92. The Bertz CT molecular complexity index is 1090. The van der Waals surface area contributed by atoms with Crippen molar-refractivity contribution < 1.29 is 26.4 Å². The van der Waals surface area contributed by atoms with Crippen molar-refractivity contribution in [1.29, 1.82) is 0 Å². The molecule has 10 heteroatoms. The van der Waals surface area contributed by atoms with Crippen LogP contribution in [0.1, 0.15) is 35.8 Å². The quantitative estimate of drug-likeness (QED) is 0.633.